The van der Waals surface area contributed by atoms with Gasteiger partial charge in [-0.05, 0) is 45.7 Å². The standard InChI is InChI=1S/C15H29N3O/c1-13-6-10-18(11-7-13)14(19)16-12-15(17(2)3)8-4-5-9-15/h13H,4-12H2,1-3H3,(H,16,19). The zero-order valence-electron chi connectivity index (χ0n) is 12.7. The van der Waals surface area contributed by atoms with E-state index in [1.165, 1.54) is 25.7 Å². The second-order valence-corrected chi connectivity index (χ2v) is 6.65. The smallest absolute Gasteiger partial charge is 0.317 e. The van der Waals surface area contributed by atoms with Gasteiger partial charge in [-0.2, -0.15) is 0 Å². The summed E-state index contributed by atoms with van der Waals surface area (Å²) in [5, 5.41) is 3.18. The molecular weight excluding hydrogens is 238 g/mol. The van der Waals surface area contributed by atoms with Gasteiger partial charge in [0.25, 0.3) is 0 Å². The lowest BCUT2D eigenvalue weighted by atomic mass is 9.96. The molecule has 2 fully saturated rings. The Bertz CT molecular complexity index is 303. The van der Waals surface area contributed by atoms with E-state index >= 15 is 0 Å². The van der Waals surface area contributed by atoms with Crippen molar-refractivity contribution in [3.8, 4) is 0 Å². The molecule has 19 heavy (non-hydrogen) atoms. The van der Waals surface area contributed by atoms with Crippen molar-refractivity contribution in [1.29, 1.82) is 0 Å². The summed E-state index contributed by atoms with van der Waals surface area (Å²) in [4.78, 5) is 16.5. The molecule has 2 amide bonds. The number of carbonyl (C=O) groups is 1. The Morgan fingerprint density at radius 2 is 1.84 bits per heavy atom. The van der Waals surface area contributed by atoms with E-state index in [1.807, 2.05) is 4.90 Å². The van der Waals surface area contributed by atoms with Crippen LogP contribution in [0.1, 0.15) is 45.4 Å². The molecule has 1 saturated heterocycles. The largest absolute Gasteiger partial charge is 0.336 e. The van der Waals surface area contributed by atoms with Crippen LogP contribution in [0.15, 0.2) is 0 Å². The Morgan fingerprint density at radius 1 is 1.26 bits per heavy atom. The fraction of sp³-hybridized carbons (Fsp3) is 0.933. The van der Waals surface area contributed by atoms with Gasteiger partial charge in [-0.3, -0.25) is 0 Å². The molecule has 2 rings (SSSR count). The van der Waals surface area contributed by atoms with Gasteiger partial charge in [-0.1, -0.05) is 19.8 Å². The van der Waals surface area contributed by atoms with Crippen LogP contribution in [0.2, 0.25) is 0 Å². The van der Waals surface area contributed by atoms with Gasteiger partial charge in [-0.25, -0.2) is 4.79 Å². The van der Waals surface area contributed by atoms with E-state index in [2.05, 4.69) is 31.2 Å². The first-order valence-corrected chi connectivity index (χ1v) is 7.74. The number of nitrogens with one attached hydrogen (secondary N) is 1. The number of carbonyl (C=O) groups excluding carboxylic acids is 1. The molecule has 1 aliphatic heterocycles. The Balaban J connectivity index is 1.82. The summed E-state index contributed by atoms with van der Waals surface area (Å²) >= 11 is 0. The number of likely N-dealkylation sites (tertiary alicyclic amines) is 1. The number of amides is 2. The highest BCUT2D eigenvalue weighted by Crippen LogP contribution is 2.33. The van der Waals surface area contributed by atoms with Crippen molar-refractivity contribution >= 4 is 6.03 Å². The van der Waals surface area contributed by atoms with Gasteiger partial charge >= 0.3 is 6.03 Å². The van der Waals surface area contributed by atoms with Crippen molar-refractivity contribution in [2.75, 3.05) is 33.7 Å². The highest BCUT2D eigenvalue weighted by Gasteiger charge is 2.36. The first-order chi connectivity index (χ1) is 9.03. The Kier molecular flexibility index (Phi) is 4.71. The number of nitrogens with zero attached hydrogens (tertiary/aromatic N) is 2. The second kappa shape index (κ2) is 6.12. The molecule has 0 unspecified atom stereocenters. The number of urea groups is 1. The molecule has 4 heteroatoms. The summed E-state index contributed by atoms with van der Waals surface area (Å²) in [6.45, 7) is 4.91. The molecule has 0 aromatic heterocycles. The first-order valence-electron chi connectivity index (χ1n) is 7.74. The van der Waals surface area contributed by atoms with Gasteiger partial charge in [0, 0.05) is 25.2 Å². The number of hydrogen-bond donors (Lipinski definition) is 1. The average Bonchev–Trinajstić information content (AvgIpc) is 2.87. The topological polar surface area (TPSA) is 35.6 Å². The minimum atomic E-state index is 0.139. The molecular formula is C15H29N3O. The second-order valence-electron chi connectivity index (χ2n) is 6.65. The van der Waals surface area contributed by atoms with E-state index in [0.717, 1.165) is 38.4 Å². The fourth-order valence-electron chi connectivity index (χ4n) is 3.38. The predicted molar refractivity (Wildman–Crippen MR) is 78.3 cm³/mol. The van der Waals surface area contributed by atoms with Gasteiger partial charge in [-0.15, -0.1) is 0 Å². The van der Waals surface area contributed by atoms with Crippen molar-refractivity contribution in [1.82, 2.24) is 15.1 Å². The molecule has 0 bridgehead atoms. The van der Waals surface area contributed by atoms with Gasteiger partial charge < -0.3 is 15.1 Å². The molecule has 1 heterocycles. The van der Waals surface area contributed by atoms with E-state index in [-0.39, 0.29) is 11.6 Å². The van der Waals surface area contributed by atoms with Crippen LogP contribution in [0.3, 0.4) is 0 Å². The fourth-order valence-corrected chi connectivity index (χ4v) is 3.38. The van der Waals surface area contributed by atoms with Crippen LogP contribution in [0, 0.1) is 5.92 Å². The van der Waals surface area contributed by atoms with Gasteiger partial charge in [0.15, 0.2) is 0 Å². The van der Waals surface area contributed by atoms with E-state index in [1.54, 1.807) is 0 Å². The first kappa shape index (κ1) is 14.6. The lowest BCUT2D eigenvalue weighted by Gasteiger charge is -2.38. The highest BCUT2D eigenvalue weighted by atomic mass is 16.2. The summed E-state index contributed by atoms with van der Waals surface area (Å²) in [6.07, 6.45) is 7.28. The minimum absolute atomic E-state index is 0.139. The van der Waals surface area contributed by atoms with Crippen molar-refractivity contribution in [2.24, 2.45) is 5.92 Å². The number of piperidine rings is 1. The maximum absolute atomic E-state index is 12.2. The van der Waals surface area contributed by atoms with E-state index < -0.39 is 0 Å². The third-order valence-electron chi connectivity index (χ3n) is 5.12. The third kappa shape index (κ3) is 3.41. The summed E-state index contributed by atoms with van der Waals surface area (Å²) in [5.41, 5.74) is 0.193. The van der Waals surface area contributed by atoms with Gasteiger partial charge in [0.1, 0.15) is 0 Å². The summed E-state index contributed by atoms with van der Waals surface area (Å²) < 4.78 is 0. The number of rotatable bonds is 3. The Hall–Kier alpha value is -0.770. The minimum Gasteiger partial charge on any atom is -0.336 e. The molecule has 1 saturated carbocycles. The third-order valence-corrected chi connectivity index (χ3v) is 5.12. The number of hydrogen-bond acceptors (Lipinski definition) is 2. The van der Waals surface area contributed by atoms with Gasteiger partial charge in [0.05, 0.1) is 0 Å². The van der Waals surface area contributed by atoms with Crippen LogP contribution >= 0.6 is 0 Å². The summed E-state index contributed by atoms with van der Waals surface area (Å²) in [5.74, 6) is 0.770. The van der Waals surface area contributed by atoms with Crippen LogP contribution in [-0.4, -0.2) is 55.1 Å². The molecule has 110 valence electrons. The Labute approximate surface area is 117 Å². The molecule has 1 aliphatic carbocycles. The highest BCUT2D eigenvalue weighted by molar-refractivity contribution is 5.74. The van der Waals surface area contributed by atoms with Crippen LogP contribution in [0.25, 0.3) is 0 Å². The van der Waals surface area contributed by atoms with Crippen LogP contribution in [-0.2, 0) is 0 Å². The summed E-state index contributed by atoms with van der Waals surface area (Å²) in [7, 11) is 4.28. The molecule has 0 aromatic carbocycles. The zero-order chi connectivity index (χ0) is 13.9. The molecule has 0 aromatic rings. The lowest BCUT2D eigenvalue weighted by Crippen LogP contribution is -2.54. The molecule has 0 spiro atoms. The van der Waals surface area contributed by atoms with Crippen LogP contribution < -0.4 is 5.32 Å². The predicted octanol–water partition coefficient (Wildman–Crippen LogP) is 2.30. The molecule has 0 atom stereocenters. The zero-order valence-corrected chi connectivity index (χ0v) is 12.7. The molecule has 2 aliphatic rings. The summed E-state index contributed by atoms with van der Waals surface area (Å²) in [6, 6.07) is 0.139. The maximum atomic E-state index is 12.2. The van der Waals surface area contributed by atoms with E-state index in [9.17, 15) is 4.79 Å². The monoisotopic (exact) mass is 267 g/mol. The van der Waals surface area contributed by atoms with Crippen molar-refractivity contribution in [3.05, 3.63) is 0 Å². The molecule has 0 radical (unpaired) electrons. The van der Waals surface area contributed by atoms with Crippen molar-refractivity contribution in [3.63, 3.8) is 0 Å². The van der Waals surface area contributed by atoms with Crippen LogP contribution in [0.4, 0.5) is 4.79 Å². The molecule has 4 nitrogen and oxygen atoms in total. The average molecular weight is 267 g/mol. The SMILES string of the molecule is CC1CCN(C(=O)NCC2(N(C)C)CCCC2)CC1. The number of likely N-dealkylation sites (N-methyl/N-ethyl adjacent to an activating group) is 1. The lowest BCUT2D eigenvalue weighted by molar-refractivity contribution is 0.140. The normalized spacial score (nSPS) is 23.9. The van der Waals surface area contributed by atoms with Gasteiger partial charge in [0.2, 0.25) is 0 Å². The van der Waals surface area contributed by atoms with Crippen LogP contribution in [0.5, 0.6) is 0 Å². The molecule has 1 N–H and O–H groups in total. The quantitative estimate of drug-likeness (QED) is 0.851. The maximum Gasteiger partial charge on any atom is 0.317 e. The van der Waals surface area contributed by atoms with E-state index in [0.29, 0.717) is 0 Å². The van der Waals surface area contributed by atoms with Crippen molar-refractivity contribution in [2.45, 2.75) is 51.0 Å². The van der Waals surface area contributed by atoms with E-state index in [4.69, 9.17) is 0 Å². The Morgan fingerprint density at radius 3 is 2.37 bits per heavy atom. The van der Waals surface area contributed by atoms with Crippen molar-refractivity contribution < 1.29 is 4.79 Å².